The number of carbonyl (C=O) groups excluding carboxylic acids is 1. The lowest BCUT2D eigenvalue weighted by Crippen LogP contribution is -2.33. The van der Waals surface area contributed by atoms with E-state index in [9.17, 15) is 19.1 Å². The predicted molar refractivity (Wildman–Crippen MR) is 116 cm³/mol. The van der Waals surface area contributed by atoms with Crippen molar-refractivity contribution < 1.29 is 28.6 Å². The summed E-state index contributed by atoms with van der Waals surface area (Å²) in [5.41, 5.74) is 2.73. The second-order valence-corrected chi connectivity index (χ2v) is 7.52. The Kier molecular flexibility index (Phi) is 6.03. The zero-order valence-electron chi connectivity index (χ0n) is 17.5. The molecular formula is C25H22FNO5. The number of hydrogen-bond acceptors (Lipinski definition) is 5. The summed E-state index contributed by atoms with van der Waals surface area (Å²) in [6.45, 7) is 0. The number of methoxy groups -OCH3 is 2. The Balaban J connectivity index is 1.82. The Morgan fingerprint density at radius 1 is 0.969 bits per heavy atom. The van der Waals surface area contributed by atoms with Crippen LogP contribution >= 0.6 is 0 Å². The van der Waals surface area contributed by atoms with Gasteiger partial charge in [-0.15, -0.1) is 0 Å². The fourth-order valence-electron chi connectivity index (χ4n) is 4.19. The van der Waals surface area contributed by atoms with Crippen LogP contribution in [0.3, 0.4) is 0 Å². The molecule has 0 saturated heterocycles. The number of nitrogens with one attached hydrogen (secondary N) is 1. The number of Topliss-reactive ketones (excluding diaryl/α,β-unsaturated/α-hetero) is 1. The van der Waals surface area contributed by atoms with E-state index in [1.54, 1.807) is 38.5 Å². The minimum atomic E-state index is -1.18. The molecule has 0 fully saturated rings. The highest BCUT2D eigenvalue weighted by Crippen LogP contribution is 2.43. The summed E-state index contributed by atoms with van der Waals surface area (Å²) in [7, 11) is 3.09. The molecule has 7 heteroatoms. The maximum Gasteiger partial charge on any atom is 0.336 e. The molecule has 4 rings (SSSR count). The van der Waals surface area contributed by atoms with Gasteiger partial charge in [-0.25, -0.2) is 9.18 Å². The van der Waals surface area contributed by atoms with E-state index in [0.29, 0.717) is 11.3 Å². The van der Waals surface area contributed by atoms with Crippen molar-refractivity contribution in [2.75, 3.05) is 19.5 Å². The standard InChI is InChI=1S/C25H22FNO5/c1-31-25(32-2)16-8-6-15(7-9-16)22-20(14-10-12-17(26)13-11-14)23(28)21-18(24(29)30)4-3-5-19(21)27-22/h3-13,20,22,25,27H,1-2H3,(H,29,30). The number of aromatic carboxylic acids is 1. The molecule has 0 bridgehead atoms. The lowest BCUT2D eigenvalue weighted by Gasteiger charge is -2.35. The second kappa shape index (κ2) is 8.90. The molecule has 2 N–H and O–H groups in total. The Morgan fingerprint density at radius 3 is 2.19 bits per heavy atom. The summed E-state index contributed by atoms with van der Waals surface area (Å²) in [6, 6.07) is 17.4. The average molecular weight is 435 g/mol. The highest BCUT2D eigenvalue weighted by atomic mass is 19.1. The molecule has 164 valence electrons. The number of rotatable bonds is 6. The van der Waals surface area contributed by atoms with Crippen LogP contribution in [0, 0.1) is 5.82 Å². The van der Waals surface area contributed by atoms with Crippen LogP contribution in [0.4, 0.5) is 10.1 Å². The minimum Gasteiger partial charge on any atom is -0.478 e. The second-order valence-electron chi connectivity index (χ2n) is 7.52. The van der Waals surface area contributed by atoms with Crippen molar-refractivity contribution in [1.82, 2.24) is 0 Å². The summed E-state index contributed by atoms with van der Waals surface area (Å²) in [5.74, 6) is -2.66. The fraction of sp³-hybridized carbons (Fsp3) is 0.200. The number of halogens is 1. The minimum absolute atomic E-state index is 0.0658. The molecule has 0 aliphatic carbocycles. The molecule has 0 spiro atoms. The van der Waals surface area contributed by atoms with Crippen LogP contribution < -0.4 is 5.32 Å². The number of carboxylic acids is 1. The number of anilines is 1. The molecular weight excluding hydrogens is 413 g/mol. The van der Waals surface area contributed by atoms with Gasteiger partial charge in [0.1, 0.15) is 5.82 Å². The van der Waals surface area contributed by atoms with Gasteiger partial charge in [0.15, 0.2) is 12.1 Å². The summed E-state index contributed by atoms with van der Waals surface area (Å²) in [6.07, 6.45) is -0.517. The smallest absolute Gasteiger partial charge is 0.336 e. The molecule has 0 saturated carbocycles. The van der Waals surface area contributed by atoms with Crippen molar-refractivity contribution >= 4 is 17.4 Å². The van der Waals surface area contributed by atoms with Crippen LogP contribution in [-0.2, 0) is 9.47 Å². The van der Waals surface area contributed by atoms with Crippen molar-refractivity contribution in [2.45, 2.75) is 18.2 Å². The van der Waals surface area contributed by atoms with Gasteiger partial charge >= 0.3 is 5.97 Å². The van der Waals surface area contributed by atoms with E-state index >= 15 is 0 Å². The third-order valence-corrected chi connectivity index (χ3v) is 5.69. The van der Waals surface area contributed by atoms with Gasteiger partial charge in [0.05, 0.1) is 23.1 Å². The Morgan fingerprint density at radius 2 is 1.59 bits per heavy atom. The highest BCUT2D eigenvalue weighted by molar-refractivity contribution is 6.14. The van der Waals surface area contributed by atoms with Gasteiger partial charge in [-0.1, -0.05) is 42.5 Å². The summed E-state index contributed by atoms with van der Waals surface area (Å²) < 4.78 is 24.1. The van der Waals surface area contributed by atoms with Crippen molar-refractivity contribution in [3.63, 3.8) is 0 Å². The van der Waals surface area contributed by atoms with E-state index in [1.165, 1.54) is 18.2 Å². The first-order valence-electron chi connectivity index (χ1n) is 10.0. The van der Waals surface area contributed by atoms with Crippen LogP contribution in [0.2, 0.25) is 0 Å². The van der Waals surface area contributed by atoms with Crippen molar-refractivity contribution in [3.8, 4) is 0 Å². The number of benzene rings is 3. The van der Waals surface area contributed by atoms with E-state index in [1.807, 2.05) is 24.3 Å². The van der Waals surface area contributed by atoms with Gasteiger partial charge in [0.2, 0.25) is 0 Å². The topological polar surface area (TPSA) is 84.9 Å². The largest absolute Gasteiger partial charge is 0.478 e. The van der Waals surface area contributed by atoms with Gasteiger partial charge in [-0.05, 0) is 35.4 Å². The number of carbonyl (C=O) groups is 2. The number of fused-ring (bicyclic) bond motifs is 1. The van der Waals surface area contributed by atoms with Gasteiger partial charge < -0.3 is 19.9 Å². The van der Waals surface area contributed by atoms with E-state index in [4.69, 9.17) is 9.47 Å². The normalized spacial score (nSPS) is 17.7. The van der Waals surface area contributed by atoms with Crippen molar-refractivity contribution in [1.29, 1.82) is 0 Å². The molecule has 0 amide bonds. The highest BCUT2D eigenvalue weighted by Gasteiger charge is 2.39. The van der Waals surface area contributed by atoms with Gasteiger partial charge in [0.25, 0.3) is 0 Å². The molecule has 6 nitrogen and oxygen atoms in total. The summed E-state index contributed by atoms with van der Waals surface area (Å²) >= 11 is 0. The summed E-state index contributed by atoms with van der Waals surface area (Å²) in [4.78, 5) is 25.4. The lowest BCUT2D eigenvalue weighted by atomic mass is 9.77. The maximum absolute atomic E-state index is 13.6. The molecule has 3 aromatic rings. The molecule has 1 heterocycles. The average Bonchev–Trinajstić information content (AvgIpc) is 2.80. The van der Waals surface area contributed by atoms with E-state index in [0.717, 1.165) is 11.1 Å². The molecule has 0 aromatic heterocycles. The van der Waals surface area contributed by atoms with Gasteiger partial charge in [0, 0.05) is 25.5 Å². The molecule has 32 heavy (non-hydrogen) atoms. The third kappa shape index (κ3) is 3.88. The van der Waals surface area contributed by atoms with E-state index < -0.39 is 30.0 Å². The SMILES string of the molecule is COC(OC)c1ccc(C2Nc3cccc(C(=O)O)c3C(=O)C2c2ccc(F)cc2)cc1. The van der Waals surface area contributed by atoms with Gasteiger partial charge in [-0.3, -0.25) is 4.79 Å². The van der Waals surface area contributed by atoms with Crippen LogP contribution in [0.25, 0.3) is 0 Å². The van der Waals surface area contributed by atoms with Gasteiger partial charge in [-0.2, -0.15) is 0 Å². The fourth-order valence-corrected chi connectivity index (χ4v) is 4.19. The first-order chi connectivity index (χ1) is 15.4. The molecule has 1 aliphatic heterocycles. The van der Waals surface area contributed by atoms with Crippen LogP contribution in [0.5, 0.6) is 0 Å². The zero-order chi connectivity index (χ0) is 22.8. The first-order valence-corrected chi connectivity index (χ1v) is 10.0. The molecule has 3 aromatic carbocycles. The quantitative estimate of drug-likeness (QED) is 0.533. The number of carboxylic acid groups (broad SMARTS) is 1. The van der Waals surface area contributed by atoms with Crippen molar-refractivity contribution in [2.24, 2.45) is 0 Å². The molecule has 0 radical (unpaired) electrons. The Hall–Kier alpha value is -3.55. The monoisotopic (exact) mass is 435 g/mol. The van der Waals surface area contributed by atoms with Crippen LogP contribution in [-0.4, -0.2) is 31.1 Å². The summed E-state index contributed by atoms with van der Waals surface area (Å²) in [5, 5.41) is 12.9. The first kappa shape index (κ1) is 21.7. The maximum atomic E-state index is 13.6. The van der Waals surface area contributed by atoms with Crippen LogP contribution in [0.1, 0.15) is 55.7 Å². The van der Waals surface area contributed by atoms with E-state index in [2.05, 4.69) is 5.32 Å². The molecule has 2 unspecified atom stereocenters. The Bertz CT molecular complexity index is 1140. The lowest BCUT2D eigenvalue weighted by molar-refractivity contribution is -0.106. The number of hydrogen-bond donors (Lipinski definition) is 2. The van der Waals surface area contributed by atoms with Crippen molar-refractivity contribution in [3.05, 3.63) is 100 Å². The number of ketones is 1. The van der Waals surface area contributed by atoms with Crippen LogP contribution in [0.15, 0.2) is 66.7 Å². The molecule has 2 atom stereocenters. The predicted octanol–water partition coefficient (Wildman–Crippen LogP) is 4.95. The number of ether oxygens (including phenoxy) is 2. The Labute approximate surface area is 184 Å². The van der Waals surface area contributed by atoms with E-state index in [-0.39, 0.29) is 16.9 Å². The third-order valence-electron chi connectivity index (χ3n) is 5.69. The molecule has 1 aliphatic rings. The zero-order valence-corrected chi connectivity index (χ0v) is 17.5.